The van der Waals surface area contributed by atoms with Gasteiger partial charge in [-0.05, 0) is 101 Å². The molecular formula is C52H89AlCl2LiN3O12S. The number of aliphatic hydroxyl groups excluding tert-OH is 1. The summed E-state index contributed by atoms with van der Waals surface area (Å²) in [6, 6.07) is 0. The smallest absolute Gasteiger partial charge is 1.00 e. The summed E-state index contributed by atoms with van der Waals surface area (Å²) >= 11 is 5.97. The van der Waals surface area contributed by atoms with Crippen LogP contribution in [0.3, 0.4) is 0 Å². The third kappa shape index (κ3) is 21.3. The summed E-state index contributed by atoms with van der Waals surface area (Å²) in [5.74, 6) is 9.19. The topological polar surface area (TPSA) is 219 Å². The third-order valence-corrected chi connectivity index (χ3v) is 13.5. The van der Waals surface area contributed by atoms with E-state index < -0.39 is 15.0 Å². The Morgan fingerprint density at radius 2 is 1.04 bits per heavy atom. The van der Waals surface area contributed by atoms with Gasteiger partial charge in [-0.3, -0.25) is 9.59 Å². The van der Waals surface area contributed by atoms with Crippen LogP contribution < -0.4 is 18.9 Å². The molecule has 3 aromatic rings. The van der Waals surface area contributed by atoms with Gasteiger partial charge in [-0.1, -0.05) is 80.3 Å². The molecule has 8 saturated carbocycles. The van der Waals surface area contributed by atoms with E-state index in [1.807, 2.05) is 0 Å². The van der Waals surface area contributed by atoms with Gasteiger partial charge in [-0.2, -0.15) is 0 Å². The first-order valence-corrected chi connectivity index (χ1v) is 26.3. The number of halogens is 2. The number of ketones is 1. The number of esters is 2. The van der Waals surface area contributed by atoms with Crippen LogP contribution in [0.4, 0.5) is 0 Å². The van der Waals surface area contributed by atoms with Gasteiger partial charge >= 0.3 is 30.8 Å². The minimum atomic E-state index is -3.19. The van der Waals surface area contributed by atoms with Crippen LogP contribution in [-0.4, -0.2) is 90.8 Å². The van der Waals surface area contributed by atoms with Gasteiger partial charge in [0, 0.05) is 69.2 Å². The molecule has 8 aliphatic rings. The summed E-state index contributed by atoms with van der Waals surface area (Å²) in [6.45, 7) is 8.83. The molecule has 72 heavy (non-hydrogen) atoms. The SMILES string of the molecule is C.C.C.C.C.CC1CC1C=O.CC1CC1c1noc(C2CC2)c1CCl.CC1CC1c1noc(C2CC2)c1CO.COC(=O)CC(=O)C1CC1.COC(=O)c1c(C2CC2C)noc1C1CC1.CS(=O)(=O)Cl.[AlH3].[H-].[Li+]. The van der Waals surface area contributed by atoms with Gasteiger partial charge in [0.15, 0.2) is 23.1 Å². The number of alkyl halides is 1. The van der Waals surface area contributed by atoms with Crippen LogP contribution in [0.5, 0.6) is 0 Å². The van der Waals surface area contributed by atoms with Crippen LogP contribution in [0.15, 0.2) is 13.6 Å². The molecule has 11 rings (SSSR count). The Hall–Kier alpha value is -2.47. The molecule has 8 fully saturated rings. The Kier molecular flexibility index (Phi) is 31.4. The Morgan fingerprint density at radius 1 is 0.681 bits per heavy atom. The zero-order valence-corrected chi connectivity index (χ0v) is 41.9. The number of carbonyl (C=O) groups is 4. The number of nitrogens with zero attached hydrogens (tertiary/aromatic N) is 3. The Morgan fingerprint density at radius 3 is 1.35 bits per heavy atom. The first-order valence-electron chi connectivity index (χ1n) is 23.1. The summed E-state index contributed by atoms with van der Waals surface area (Å²) in [7, 11) is 4.01. The number of ether oxygens (including phenoxy) is 2. The second-order valence-corrected chi connectivity index (χ2v) is 22.7. The molecule has 8 atom stereocenters. The largest absolute Gasteiger partial charge is 1.00 e. The first-order chi connectivity index (χ1) is 30.9. The maximum Gasteiger partial charge on any atom is 1.00 e. The maximum absolute atomic E-state index is 11.8. The minimum Gasteiger partial charge on any atom is -1.00 e. The quantitative estimate of drug-likeness (QED) is 0.0423. The molecule has 3 heterocycles. The number of carbonyl (C=O) groups excluding carboxylic acids is 4. The van der Waals surface area contributed by atoms with Crippen molar-refractivity contribution in [2.24, 2.45) is 35.5 Å². The van der Waals surface area contributed by atoms with Crippen molar-refractivity contribution in [1.29, 1.82) is 0 Å². The third-order valence-electron chi connectivity index (χ3n) is 13.3. The van der Waals surface area contributed by atoms with Gasteiger partial charge in [-0.25, -0.2) is 13.2 Å². The van der Waals surface area contributed by atoms with E-state index in [0.717, 1.165) is 103 Å². The molecule has 8 unspecified atom stereocenters. The van der Waals surface area contributed by atoms with Crippen molar-refractivity contribution < 1.29 is 76.0 Å². The van der Waals surface area contributed by atoms with E-state index in [1.165, 1.54) is 58.3 Å². The second-order valence-electron chi connectivity index (χ2n) is 19.4. The van der Waals surface area contributed by atoms with Crippen molar-refractivity contribution in [2.45, 2.75) is 196 Å². The summed E-state index contributed by atoms with van der Waals surface area (Å²) in [6.07, 6.45) is 15.6. The number of methoxy groups -OCH3 is 2. The number of rotatable bonds is 13. The summed E-state index contributed by atoms with van der Waals surface area (Å²) in [4.78, 5) is 42.9. The van der Waals surface area contributed by atoms with Gasteiger partial charge in [0.25, 0.3) is 0 Å². The number of hydrogen-bond acceptors (Lipinski definition) is 15. The zero-order valence-electron chi connectivity index (χ0n) is 40.6. The molecule has 0 spiro atoms. The minimum absolute atomic E-state index is 0. The molecule has 1 N–H and O–H groups in total. The average Bonchev–Trinajstić information content (AvgIpc) is 4.05. The zero-order chi connectivity index (χ0) is 47.3. The molecule has 0 radical (unpaired) electrons. The van der Waals surface area contributed by atoms with Crippen LogP contribution in [0, 0.1) is 35.5 Å². The van der Waals surface area contributed by atoms with Crippen LogP contribution >= 0.6 is 22.3 Å². The Bertz CT molecular complexity index is 2190. The van der Waals surface area contributed by atoms with Gasteiger partial charge in [0.2, 0.25) is 9.05 Å². The summed E-state index contributed by atoms with van der Waals surface area (Å²) < 4.78 is 44.1. The monoisotopic (exact) mass is 1080 g/mol. The van der Waals surface area contributed by atoms with Gasteiger partial charge in [0.05, 0.1) is 44.4 Å². The normalized spacial score (nSPS) is 24.8. The van der Waals surface area contributed by atoms with Crippen molar-refractivity contribution in [3.63, 3.8) is 0 Å². The van der Waals surface area contributed by atoms with Crippen LogP contribution in [0.2, 0.25) is 0 Å². The molecule has 0 aromatic carbocycles. The van der Waals surface area contributed by atoms with Crippen LogP contribution in [0.25, 0.3) is 0 Å². The molecule has 408 valence electrons. The fraction of sp³-hybridized carbons (Fsp3) is 0.750. The van der Waals surface area contributed by atoms with E-state index in [9.17, 15) is 32.7 Å². The van der Waals surface area contributed by atoms with Gasteiger partial charge in [-0.15, -0.1) is 11.6 Å². The van der Waals surface area contributed by atoms with E-state index in [2.05, 4.69) is 58.6 Å². The Labute approximate surface area is 464 Å². The fourth-order valence-electron chi connectivity index (χ4n) is 7.79. The maximum atomic E-state index is 11.8. The van der Waals surface area contributed by atoms with Gasteiger partial charge < -0.3 is 34.4 Å². The predicted molar refractivity (Wildman–Crippen MR) is 285 cm³/mol. The number of aldehydes is 1. The van der Waals surface area contributed by atoms with Crippen molar-refractivity contribution in [3.8, 4) is 0 Å². The van der Waals surface area contributed by atoms with E-state index in [4.69, 9.17) is 29.9 Å². The number of Topliss-reactive ketones (excluding diaryl/α,β-unsaturated/α-hetero) is 1. The molecule has 0 saturated heterocycles. The molecule has 3 aromatic heterocycles. The average molecular weight is 1090 g/mol. The molecule has 20 heteroatoms. The molecule has 0 aliphatic heterocycles. The Balaban J connectivity index is -0.000000816. The standard InChI is InChI=1S/C12H15NO3.C11H14ClNO.C11H15NO2.C7H10O3.C5H8O.CH3ClO2S.5CH4.Al.Li.4H/c1-6-5-8(6)10-9(12(14)15-2)11(16-13-10)7-3-4-7;1-6-4-8(6)10-9(5-12)11(14-13-10)7-2-3-7;1-6-4-8(6)10-9(5-13)11(14-12-10)7-2-3-7;1-10-7(9)4-6(8)5-2-3-5;1-4-2-5(4)3-6;1-5(2,3)4;;;;;;;;;;;/h6-8H,3-5H2,1-2H3;6-8H,2-5H2,1H3;6-8,13H,2-5H2,1H3;5H,2-4H2,1H3;3-5H,2H2,1H3;1H3;5*1H4;;;;;;/q;;;;;;;;;;;;+1;;;;-1. The second kappa shape index (κ2) is 31.5. The first kappa shape index (κ1) is 71.6. The van der Waals surface area contributed by atoms with Crippen molar-refractivity contribution >= 4 is 72.7 Å². The fourth-order valence-corrected chi connectivity index (χ4v) is 8.06. The molecule has 15 nitrogen and oxygen atoms in total. The molecular weight excluding hydrogens is 995 g/mol. The predicted octanol–water partition coefficient (Wildman–Crippen LogP) is 8.71. The van der Waals surface area contributed by atoms with Gasteiger partial charge in [0.1, 0.15) is 41.3 Å². The number of aromatic nitrogens is 3. The van der Waals surface area contributed by atoms with E-state index >= 15 is 0 Å². The summed E-state index contributed by atoms with van der Waals surface area (Å²) in [5, 5.41) is 21.7. The van der Waals surface area contributed by atoms with E-state index in [-0.39, 0.29) is 105 Å². The van der Waals surface area contributed by atoms with E-state index in [0.29, 0.717) is 64.7 Å². The van der Waals surface area contributed by atoms with Crippen molar-refractivity contribution in [3.05, 3.63) is 51.1 Å². The molecule has 0 bridgehead atoms. The van der Waals surface area contributed by atoms with Crippen molar-refractivity contribution in [2.75, 3.05) is 20.5 Å². The van der Waals surface area contributed by atoms with Crippen LogP contribution in [-0.2, 0) is 45.4 Å². The summed E-state index contributed by atoms with van der Waals surface area (Å²) in [5.41, 5.74) is 5.79. The molecule has 0 amide bonds. The molecule has 8 aliphatic carbocycles. The number of hydrogen-bond donors (Lipinski definition) is 1. The number of aliphatic hydroxyl groups is 1. The van der Waals surface area contributed by atoms with Crippen LogP contribution in [0.1, 0.15) is 241 Å². The van der Waals surface area contributed by atoms with E-state index in [1.54, 1.807) is 0 Å². The van der Waals surface area contributed by atoms with Crippen molar-refractivity contribution in [1.82, 2.24) is 15.5 Å².